The predicted octanol–water partition coefficient (Wildman–Crippen LogP) is 8.25. The van der Waals surface area contributed by atoms with Crippen molar-refractivity contribution < 1.29 is 32.5 Å². The van der Waals surface area contributed by atoms with E-state index in [0.29, 0.717) is 48.0 Å². The normalized spacial score (nSPS) is 14.5. The molecule has 0 N–H and O–H groups in total. The molecule has 226 valence electrons. The van der Waals surface area contributed by atoms with Crippen LogP contribution < -0.4 is 4.74 Å². The van der Waals surface area contributed by atoms with Gasteiger partial charge in [0, 0.05) is 17.0 Å². The number of carbonyl (C=O) groups excluding carboxylic acids is 1. The zero-order chi connectivity index (χ0) is 30.9. The van der Waals surface area contributed by atoms with Crippen LogP contribution in [0.3, 0.4) is 0 Å². The Morgan fingerprint density at radius 1 is 0.818 bits per heavy atom. The molecule has 1 aliphatic heterocycles. The van der Waals surface area contributed by atoms with Gasteiger partial charge in [0.05, 0.1) is 25.4 Å². The Morgan fingerprint density at radius 3 is 1.93 bits per heavy atom. The Kier molecular flexibility index (Phi) is 10.00. The molecule has 0 radical (unpaired) electrons. The van der Waals surface area contributed by atoms with Crippen molar-refractivity contribution >= 4 is 5.97 Å². The number of halogens is 2. The third-order valence-electron chi connectivity index (χ3n) is 7.55. The van der Waals surface area contributed by atoms with Crippen molar-refractivity contribution in [2.75, 3.05) is 19.8 Å². The Bertz CT molecular complexity index is 1510. The molecule has 7 heteroatoms. The lowest BCUT2D eigenvalue weighted by atomic mass is 9.93. The minimum absolute atomic E-state index is 0.103. The second kappa shape index (κ2) is 14.3. The first kappa shape index (κ1) is 30.9. The molecule has 0 saturated carbocycles. The summed E-state index contributed by atoms with van der Waals surface area (Å²) < 4.78 is 51.0. The van der Waals surface area contributed by atoms with Gasteiger partial charge in [-0.05, 0) is 85.0 Å². The van der Waals surface area contributed by atoms with E-state index >= 15 is 0 Å². The summed E-state index contributed by atoms with van der Waals surface area (Å²) in [6, 6.07) is 26.4. The smallest absolute Gasteiger partial charge is 0.343 e. The minimum atomic E-state index is -1.29. The first-order chi connectivity index (χ1) is 21.4. The fraction of sp³-hybridized carbons (Fsp3) is 0.216. The number of hydrogen-bond donors (Lipinski definition) is 0. The summed E-state index contributed by atoms with van der Waals surface area (Å²) in [5, 5.41) is 0. The van der Waals surface area contributed by atoms with E-state index in [9.17, 15) is 13.6 Å². The van der Waals surface area contributed by atoms with Crippen LogP contribution >= 0.6 is 0 Å². The highest BCUT2D eigenvalue weighted by atomic mass is 19.1. The van der Waals surface area contributed by atoms with Gasteiger partial charge in [-0.2, -0.15) is 0 Å². The number of unbranched alkanes of at least 4 members (excludes halogenated alkanes) is 1. The van der Waals surface area contributed by atoms with E-state index in [2.05, 4.69) is 13.2 Å². The summed E-state index contributed by atoms with van der Waals surface area (Å²) in [4.78, 5) is 12.7. The van der Waals surface area contributed by atoms with E-state index < -0.39 is 11.8 Å². The van der Waals surface area contributed by atoms with Crippen molar-refractivity contribution in [3.63, 3.8) is 0 Å². The number of aryl methyl sites for hydroxylation is 1. The van der Waals surface area contributed by atoms with Gasteiger partial charge in [-0.25, -0.2) is 13.6 Å². The number of allylic oxidation sites excluding steroid dienone is 1. The number of hydrogen-bond acceptors (Lipinski definition) is 5. The van der Waals surface area contributed by atoms with Crippen molar-refractivity contribution in [1.82, 2.24) is 0 Å². The number of benzene rings is 4. The molecular weight excluding hydrogens is 562 g/mol. The van der Waals surface area contributed by atoms with Gasteiger partial charge in [0.1, 0.15) is 23.1 Å². The SMILES string of the molecule is C=CC(=C)OCCCCc1ccc(C(=O)Oc2ccc(C3COC(c4ccc(F)cc4)(c4ccc(F)cc4)OC3)cc2)cc1. The lowest BCUT2D eigenvalue weighted by Gasteiger charge is -2.41. The van der Waals surface area contributed by atoms with Crippen LogP contribution in [0.5, 0.6) is 5.75 Å². The third kappa shape index (κ3) is 7.48. The summed E-state index contributed by atoms with van der Waals surface area (Å²) in [5.74, 6) is -1.58. The van der Waals surface area contributed by atoms with E-state index in [0.717, 1.165) is 30.4 Å². The summed E-state index contributed by atoms with van der Waals surface area (Å²) in [6.45, 7) is 8.55. The maximum absolute atomic E-state index is 13.7. The fourth-order valence-corrected chi connectivity index (χ4v) is 5.03. The molecule has 4 aromatic rings. The first-order valence-corrected chi connectivity index (χ1v) is 14.5. The Hall–Kier alpha value is -4.59. The Balaban J connectivity index is 1.16. The van der Waals surface area contributed by atoms with Crippen LogP contribution in [0.2, 0.25) is 0 Å². The van der Waals surface area contributed by atoms with Crippen LogP contribution in [-0.4, -0.2) is 25.8 Å². The number of carbonyl (C=O) groups is 1. The van der Waals surface area contributed by atoms with E-state index in [4.69, 9.17) is 18.9 Å². The monoisotopic (exact) mass is 596 g/mol. The van der Waals surface area contributed by atoms with Gasteiger partial charge in [-0.15, -0.1) is 0 Å². The minimum Gasteiger partial charge on any atom is -0.494 e. The zero-order valence-corrected chi connectivity index (χ0v) is 24.3. The first-order valence-electron chi connectivity index (χ1n) is 14.5. The van der Waals surface area contributed by atoms with E-state index in [1.165, 1.54) is 24.3 Å². The van der Waals surface area contributed by atoms with Crippen LogP contribution in [0.4, 0.5) is 8.78 Å². The van der Waals surface area contributed by atoms with Crippen molar-refractivity contribution in [1.29, 1.82) is 0 Å². The molecule has 0 aromatic heterocycles. The molecule has 5 nitrogen and oxygen atoms in total. The lowest BCUT2D eigenvalue weighted by molar-refractivity contribution is -0.256. The van der Waals surface area contributed by atoms with Gasteiger partial charge in [-0.1, -0.05) is 61.7 Å². The topological polar surface area (TPSA) is 54.0 Å². The molecule has 0 spiro atoms. The second-order valence-corrected chi connectivity index (χ2v) is 10.6. The van der Waals surface area contributed by atoms with E-state index in [1.807, 2.05) is 24.3 Å². The van der Waals surface area contributed by atoms with Crippen molar-refractivity contribution in [2.45, 2.75) is 31.0 Å². The van der Waals surface area contributed by atoms with E-state index in [1.54, 1.807) is 54.6 Å². The predicted molar refractivity (Wildman–Crippen MR) is 164 cm³/mol. The van der Waals surface area contributed by atoms with Crippen molar-refractivity contribution in [3.8, 4) is 5.75 Å². The van der Waals surface area contributed by atoms with Gasteiger partial charge < -0.3 is 18.9 Å². The Morgan fingerprint density at radius 2 is 1.39 bits per heavy atom. The molecule has 44 heavy (non-hydrogen) atoms. The summed E-state index contributed by atoms with van der Waals surface area (Å²) in [6.07, 6.45) is 4.32. The van der Waals surface area contributed by atoms with Gasteiger partial charge in [-0.3, -0.25) is 0 Å². The fourth-order valence-electron chi connectivity index (χ4n) is 5.03. The summed E-state index contributed by atoms with van der Waals surface area (Å²) in [7, 11) is 0. The maximum Gasteiger partial charge on any atom is 0.343 e. The quantitative estimate of drug-likeness (QED) is 0.0542. The molecule has 1 aliphatic rings. The number of rotatable bonds is 12. The Labute approximate surface area is 256 Å². The molecule has 0 amide bonds. The third-order valence-corrected chi connectivity index (χ3v) is 7.55. The molecule has 0 aliphatic carbocycles. The molecule has 5 rings (SSSR count). The van der Waals surface area contributed by atoms with Crippen molar-refractivity contribution in [2.24, 2.45) is 0 Å². The van der Waals surface area contributed by atoms with Crippen LogP contribution in [0.1, 0.15) is 51.4 Å². The van der Waals surface area contributed by atoms with Crippen LogP contribution in [-0.2, 0) is 26.4 Å². The van der Waals surface area contributed by atoms with Crippen LogP contribution in [0, 0.1) is 11.6 Å². The molecule has 0 unspecified atom stereocenters. The van der Waals surface area contributed by atoms with Crippen molar-refractivity contribution in [3.05, 3.63) is 162 Å². The molecule has 4 aromatic carbocycles. The zero-order valence-electron chi connectivity index (χ0n) is 24.3. The second-order valence-electron chi connectivity index (χ2n) is 10.6. The average Bonchev–Trinajstić information content (AvgIpc) is 3.06. The highest BCUT2D eigenvalue weighted by Crippen LogP contribution is 2.41. The van der Waals surface area contributed by atoms with Crippen LogP contribution in [0.15, 0.2) is 122 Å². The highest BCUT2D eigenvalue weighted by Gasteiger charge is 2.41. The molecule has 0 bridgehead atoms. The summed E-state index contributed by atoms with van der Waals surface area (Å²) in [5.41, 5.74) is 3.77. The number of ether oxygens (including phenoxy) is 4. The van der Waals surface area contributed by atoms with Crippen LogP contribution in [0.25, 0.3) is 0 Å². The maximum atomic E-state index is 13.7. The molecular formula is C37H34F2O5. The van der Waals surface area contributed by atoms with Gasteiger partial charge in [0.25, 0.3) is 0 Å². The largest absolute Gasteiger partial charge is 0.494 e. The molecule has 0 atom stereocenters. The van der Waals surface area contributed by atoms with Gasteiger partial charge >= 0.3 is 5.97 Å². The molecule has 1 heterocycles. The molecule has 1 saturated heterocycles. The lowest BCUT2D eigenvalue weighted by Crippen LogP contribution is -2.42. The standard InChI is InChI=1S/C37H34F2O5/c1-3-26(2)41-23-5-4-6-27-7-9-29(10-8-27)36(40)44-35-21-11-28(12-22-35)30-24-42-37(43-25-30,31-13-17-33(38)18-14-31)32-15-19-34(39)20-16-32/h3,7-22,30H,1-2,4-6,23-25H2. The molecule has 1 fully saturated rings. The van der Waals surface area contributed by atoms with Gasteiger partial charge in [0.2, 0.25) is 5.79 Å². The van der Waals surface area contributed by atoms with Gasteiger partial charge in [0.15, 0.2) is 0 Å². The van der Waals surface area contributed by atoms with E-state index in [-0.39, 0.29) is 17.6 Å². The highest BCUT2D eigenvalue weighted by molar-refractivity contribution is 5.91. The number of esters is 1. The summed E-state index contributed by atoms with van der Waals surface area (Å²) >= 11 is 0. The average molecular weight is 597 g/mol.